The van der Waals surface area contributed by atoms with E-state index in [1.54, 1.807) is 14.0 Å². The van der Waals surface area contributed by atoms with Crippen LogP contribution in [0.3, 0.4) is 0 Å². The van der Waals surface area contributed by atoms with Crippen LogP contribution in [0.5, 0.6) is 0 Å². The maximum absolute atomic E-state index is 11.5. The summed E-state index contributed by atoms with van der Waals surface area (Å²) < 4.78 is 9.74. The van der Waals surface area contributed by atoms with Crippen LogP contribution in [0.2, 0.25) is 0 Å². The summed E-state index contributed by atoms with van der Waals surface area (Å²) in [6, 6.07) is 0. The predicted octanol–water partition coefficient (Wildman–Crippen LogP) is 1.29. The molecule has 0 saturated heterocycles. The van der Waals surface area contributed by atoms with E-state index in [1.165, 1.54) is 11.0 Å². The highest BCUT2D eigenvalue weighted by atomic mass is 16.6. The number of rotatable bonds is 9. The third kappa shape index (κ3) is 9.50. The molecule has 0 aliphatic rings. The van der Waals surface area contributed by atoms with Crippen LogP contribution in [0.1, 0.15) is 13.3 Å². The minimum Gasteiger partial charge on any atom is -0.445 e. The summed E-state index contributed by atoms with van der Waals surface area (Å²) in [5.41, 5.74) is 0.541. The van der Waals surface area contributed by atoms with Gasteiger partial charge in [0.15, 0.2) is 0 Å². The first-order chi connectivity index (χ1) is 9.90. The number of likely N-dealkylation sites (N-methyl/N-ethyl adjacent to an activating group) is 1. The van der Waals surface area contributed by atoms with Crippen molar-refractivity contribution in [3.63, 3.8) is 0 Å². The number of amides is 2. The maximum atomic E-state index is 11.5. The van der Waals surface area contributed by atoms with Gasteiger partial charge in [0.05, 0.1) is 6.10 Å². The maximum Gasteiger partial charge on any atom is 0.410 e. The van der Waals surface area contributed by atoms with Crippen molar-refractivity contribution in [2.24, 2.45) is 0 Å². The summed E-state index contributed by atoms with van der Waals surface area (Å²) in [5.74, 6) is 0. The molecule has 0 aromatic carbocycles. The minimum atomic E-state index is -0.638. The number of hydrogen-bond acceptors (Lipinski definition) is 5. The zero-order valence-corrected chi connectivity index (χ0v) is 12.6. The minimum absolute atomic E-state index is 0.0207. The molecule has 0 aromatic heterocycles. The Morgan fingerprint density at radius 2 is 2.10 bits per heavy atom. The number of carbonyl (C=O) groups excluding carboxylic acids is 2. The first-order valence-electron chi connectivity index (χ1n) is 6.64. The molecular weight excluding hydrogens is 276 g/mol. The molecule has 0 heterocycles. The first-order valence-corrected chi connectivity index (χ1v) is 6.64. The van der Waals surface area contributed by atoms with Crippen LogP contribution >= 0.6 is 0 Å². The zero-order valence-electron chi connectivity index (χ0n) is 12.6. The Balaban J connectivity index is 3.90. The lowest BCUT2D eigenvalue weighted by molar-refractivity contribution is 0.121. The van der Waals surface area contributed by atoms with Gasteiger partial charge in [-0.05, 0) is 12.0 Å². The molecule has 7 heteroatoms. The Hall–Kier alpha value is -2.02. The number of carbonyl (C=O) groups is 2. The summed E-state index contributed by atoms with van der Waals surface area (Å²) in [4.78, 5) is 24.1. The van der Waals surface area contributed by atoms with Gasteiger partial charge in [0, 0.05) is 20.1 Å². The lowest BCUT2D eigenvalue weighted by Crippen LogP contribution is -2.34. The Morgan fingerprint density at radius 1 is 1.43 bits per heavy atom. The third-order valence-electron chi connectivity index (χ3n) is 2.46. The van der Waals surface area contributed by atoms with Gasteiger partial charge in [-0.3, -0.25) is 0 Å². The van der Waals surface area contributed by atoms with E-state index in [9.17, 15) is 14.7 Å². The van der Waals surface area contributed by atoms with Crippen LogP contribution in [-0.2, 0) is 9.47 Å². The standard InChI is InChI=1S/C14H24N2O5/c1-5-7-20-14(19)16(4)9-11(3)10-21-13(18)15-8-12(17)6-2/h5,12,17H,1,3,6-10H2,2,4H3,(H,15,18)/t12-/m1/s1. The van der Waals surface area contributed by atoms with Crippen LogP contribution in [-0.4, -0.2) is 61.6 Å². The van der Waals surface area contributed by atoms with Crippen LogP contribution in [0.15, 0.2) is 24.8 Å². The average Bonchev–Trinajstić information content (AvgIpc) is 2.47. The zero-order chi connectivity index (χ0) is 16.3. The Labute approximate surface area is 125 Å². The average molecular weight is 300 g/mol. The molecule has 0 spiro atoms. The highest BCUT2D eigenvalue weighted by molar-refractivity contribution is 5.68. The molecule has 0 aliphatic heterocycles. The van der Waals surface area contributed by atoms with E-state index in [0.29, 0.717) is 12.0 Å². The molecule has 2 N–H and O–H groups in total. The molecule has 0 aliphatic carbocycles. The summed E-state index contributed by atoms with van der Waals surface area (Å²) >= 11 is 0. The fourth-order valence-corrected chi connectivity index (χ4v) is 1.25. The quantitative estimate of drug-likeness (QED) is 0.627. The highest BCUT2D eigenvalue weighted by Gasteiger charge is 2.12. The molecule has 0 bridgehead atoms. The molecule has 120 valence electrons. The van der Waals surface area contributed by atoms with Crippen molar-refractivity contribution in [1.82, 2.24) is 10.2 Å². The Morgan fingerprint density at radius 3 is 2.67 bits per heavy atom. The molecule has 21 heavy (non-hydrogen) atoms. The Kier molecular flexibility index (Phi) is 9.70. The molecule has 1 atom stereocenters. The molecule has 0 saturated carbocycles. The largest absolute Gasteiger partial charge is 0.445 e. The number of nitrogens with zero attached hydrogens (tertiary/aromatic N) is 1. The number of alkyl carbamates (subject to hydrolysis) is 1. The van der Waals surface area contributed by atoms with Crippen LogP contribution in [0, 0.1) is 0 Å². The first kappa shape index (κ1) is 19.0. The van der Waals surface area contributed by atoms with Crippen molar-refractivity contribution >= 4 is 12.2 Å². The molecule has 0 radical (unpaired) electrons. The van der Waals surface area contributed by atoms with Gasteiger partial charge < -0.3 is 24.8 Å². The molecule has 0 fully saturated rings. The summed E-state index contributed by atoms with van der Waals surface area (Å²) in [6.07, 6.45) is 0.280. The summed E-state index contributed by atoms with van der Waals surface area (Å²) in [6.45, 7) is 9.42. The molecule has 0 rings (SSSR count). The van der Waals surface area contributed by atoms with Crippen molar-refractivity contribution in [3.05, 3.63) is 24.8 Å². The molecule has 2 amide bonds. The molecular formula is C14H24N2O5. The second-order valence-corrected chi connectivity index (χ2v) is 4.49. The van der Waals surface area contributed by atoms with Crippen molar-refractivity contribution in [2.45, 2.75) is 19.4 Å². The van der Waals surface area contributed by atoms with Gasteiger partial charge in [0.2, 0.25) is 0 Å². The number of aliphatic hydroxyl groups is 1. The van der Waals surface area contributed by atoms with Gasteiger partial charge in [-0.15, -0.1) is 0 Å². The van der Waals surface area contributed by atoms with E-state index in [0.717, 1.165) is 0 Å². The van der Waals surface area contributed by atoms with E-state index in [2.05, 4.69) is 18.5 Å². The number of nitrogens with one attached hydrogen (secondary N) is 1. The van der Waals surface area contributed by atoms with Gasteiger partial charge in [0.25, 0.3) is 0 Å². The van der Waals surface area contributed by atoms with E-state index in [1.807, 2.05) is 0 Å². The van der Waals surface area contributed by atoms with Crippen LogP contribution in [0.25, 0.3) is 0 Å². The monoisotopic (exact) mass is 300 g/mol. The van der Waals surface area contributed by atoms with E-state index in [4.69, 9.17) is 9.47 Å². The van der Waals surface area contributed by atoms with E-state index < -0.39 is 18.3 Å². The fraction of sp³-hybridized carbons (Fsp3) is 0.571. The van der Waals surface area contributed by atoms with Gasteiger partial charge in [0.1, 0.15) is 13.2 Å². The lowest BCUT2D eigenvalue weighted by atomic mass is 10.3. The second kappa shape index (κ2) is 10.7. The van der Waals surface area contributed by atoms with Crippen LogP contribution < -0.4 is 5.32 Å². The lowest BCUT2D eigenvalue weighted by Gasteiger charge is -2.18. The van der Waals surface area contributed by atoms with Crippen molar-refractivity contribution in [2.75, 3.05) is 33.4 Å². The van der Waals surface area contributed by atoms with Gasteiger partial charge >= 0.3 is 12.2 Å². The number of aliphatic hydroxyl groups excluding tert-OH is 1. The predicted molar refractivity (Wildman–Crippen MR) is 79.0 cm³/mol. The second-order valence-electron chi connectivity index (χ2n) is 4.49. The van der Waals surface area contributed by atoms with Gasteiger partial charge in [-0.25, -0.2) is 9.59 Å². The van der Waals surface area contributed by atoms with Crippen LogP contribution in [0.4, 0.5) is 9.59 Å². The van der Waals surface area contributed by atoms with E-state index >= 15 is 0 Å². The smallest absolute Gasteiger partial charge is 0.410 e. The molecule has 7 nitrogen and oxygen atoms in total. The topological polar surface area (TPSA) is 88.1 Å². The highest BCUT2D eigenvalue weighted by Crippen LogP contribution is 1.99. The number of ether oxygens (including phenoxy) is 2. The van der Waals surface area contributed by atoms with E-state index in [-0.39, 0.29) is 26.3 Å². The third-order valence-corrected chi connectivity index (χ3v) is 2.46. The Bertz CT molecular complexity index is 370. The number of hydrogen-bond donors (Lipinski definition) is 2. The molecule has 0 unspecified atom stereocenters. The summed E-state index contributed by atoms with van der Waals surface area (Å²) in [7, 11) is 1.55. The van der Waals surface area contributed by atoms with Crippen molar-refractivity contribution < 1.29 is 24.2 Å². The van der Waals surface area contributed by atoms with Gasteiger partial charge in [-0.1, -0.05) is 26.2 Å². The van der Waals surface area contributed by atoms with Crippen molar-refractivity contribution in [1.29, 1.82) is 0 Å². The SMILES string of the molecule is C=CCOC(=O)N(C)CC(=C)COC(=O)NC[C@H](O)CC. The summed E-state index contributed by atoms with van der Waals surface area (Å²) in [5, 5.41) is 11.7. The van der Waals surface area contributed by atoms with Crippen molar-refractivity contribution in [3.8, 4) is 0 Å². The molecule has 0 aromatic rings. The fourth-order valence-electron chi connectivity index (χ4n) is 1.25. The normalized spacial score (nSPS) is 11.2. The van der Waals surface area contributed by atoms with Gasteiger partial charge in [-0.2, -0.15) is 0 Å².